The molecule has 0 radical (unpaired) electrons. The molecule has 0 heterocycles. The first-order chi connectivity index (χ1) is 16.7. The maximum absolute atomic E-state index is 10.7. The van der Waals surface area contributed by atoms with E-state index in [1.807, 2.05) is 0 Å². The van der Waals surface area contributed by atoms with Gasteiger partial charge in [0.25, 0.3) is 0 Å². The number of carboxylic acid groups (broad SMARTS) is 1. The molecule has 2 nitrogen and oxygen atoms in total. The lowest BCUT2D eigenvalue weighted by atomic mass is 9.88. The molecule has 0 aliphatic carbocycles. The van der Waals surface area contributed by atoms with Crippen molar-refractivity contribution in [2.75, 3.05) is 0 Å². The van der Waals surface area contributed by atoms with Crippen LogP contribution in [0.25, 0.3) is 0 Å². The van der Waals surface area contributed by atoms with Gasteiger partial charge in [-0.15, -0.1) is 0 Å². The summed E-state index contributed by atoms with van der Waals surface area (Å²) in [6.45, 7) is 2.28. The molecule has 2 rings (SSSR count). The largest absolute Gasteiger partial charge is 0.481 e. The summed E-state index contributed by atoms with van der Waals surface area (Å²) in [6, 6.07) is 21.9. The first kappa shape index (κ1) is 27.9. The minimum atomic E-state index is -0.673. The fraction of sp³-hybridized carbons (Fsp3) is 0.531. The van der Waals surface area contributed by atoms with Gasteiger partial charge in [0, 0.05) is 6.42 Å². The van der Waals surface area contributed by atoms with E-state index in [1.165, 1.54) is 68.9 Å². The van der Waals surface area contributed by atoms with Crippen LogP contribution in [0.1, 0.15) is 108 Å². The van der Waals surface area contributed by atoms with Crippen LogP contribution >= 0.6 is 0 Å². The van der Waals surface area contributed by atoms with E-state index in [4.69, 9.17) is 5.11 Å². The van der Waals surface area contributed by atoms with Gasteiger partial charge in [-0.3, -0.25) is 4.79 Å². The molecule has 0 aliphatic heterocycles. The van der Waals surface area contributed by atoms with Gasteiger partial charge in [0.15, 0.2) is 0 Å². The molecule has 186 valence electrons. The molecule has 0 saturated carbocycles. The van der Waals surface area contributed by atoms with Crippen molar-refractivity contribution in [3.63, 3.8) is 0 Å². The quantitative estimate of drug-likeness (QED) is 0.167. The van der Waals surface area contributed by atoms with E-state index >= 15 is 0 Å². The van der Waals surface area contributed by atoms with Crippen molar-refractivity contribution < 1.29 is 9.90 Å². The number of hydrogen-bond donors (Lipinski definition) is 1. The third kappa shape index (κ3) is 12.8. The van der Waals surface area contributed by atoms with Crippen molar-refractivity contribution in [3.05, 3.63) is 82.9 Å². The third-order valence-electron chi connectivity index (χ3n) is 6.72. The van der Waals surface area contributed by atoms with Gasteiger partial charge in [-0.1, -0.05) is 130 Å². The molecule has 34 heavy (non-hydrogen) atoms. The predicted octanol–water partition coefficient (Wildman–Crippen LogP) is 9.33. The van der Waals surface area contributed by atoms with Gasteiger partial charge < -0.3 is 5.11 Å². The van der Waals surface area contributed by atoms with Crippen molar-refractivity contribution in [3.8, 4) is 0 Å². The highest BCUT2D eigenvalue weighted by Gasteiger charge is 2.10. The Morgan fingerprint density at radius 3 is 1.35 bits per heavy atom. The van der Waals surface area contributed by atoms with E-state index in [0.29, 0.717) is 6.42 Å². The first-order valence-corrected chi connectivity index (χ1v) is 13.7. The van der Waals surface area contributed by atoms with Crippen LogP contribution in [0.4, 0.5) is 0 Å². The number of aliphatic carboxylic acids is 1. The molecule has 2 heteroatoms. The summed E-state index contributed by atoms with van der Waals surface area (Å²) < 4.78 is 0. The minimum absolute atomic E-state index is 0.304. The second-order valence-electron chi connectivity index (χ2n) is 9.71. The molecule has 0 fully saturated rings. The molecule has 0 aliphatic rings. The Morgan fingerprint density at radius 2 is 0.941 bits per heavy atom. The highest BCUT2D eigenvalue weighted by molar-refractivity contribution is 5.66. The number of carbonyl (C=O) groups is 1. The molecular formula is C32H46O2. The molecule has 2 aromatic rings. The monoisotopic (exact) mass is 462 g/mol. The number of hydrogen-bond acceptors (Lipinski definition) is 1. The summed E-state index contributed by atoms with van der Waals surface area (Å²) in [6.07, 6.45) is 18.2. The lowest BCUT2D eigenvalue weighted by Gasteiger charge is -2.17. The van der Waals surface area contributed by atoms with E-state index in [-0.39, 0.29) is 0 Å². The lowest BCUT2D eigenvalue weighted by Crippen LogP contribution is -2.02. The Hall–Kier alpha value is -2.35. The molecule has 0 bridgehead atoms. The van der Waals surface area contributed by atoms with Gasteiger partial charge in [-0.05, 0) is 56.1 Å². The molecule has 0 unspecified atom stereocenters. The Bertz CT molecular complexity index is 807. The molecule has 2 aromatic carbocycles. The predicted molar refractivity (Wildman–Crippen MR) is 145 cm³/mol. The molecule has 1 N–H and O–H groups in total. The van der Waals surface area contributed by atoms with Crippen LogP contribution in [0.15, 0.2) is 71.8 Å². The number of rotatable bonds is 19. The fourth-order valence-corrected chi connectivity index (χ4v) is 4.73. The topological polar surface area (TPSA) is 37.3 Å². The van der Waals surface area contributed by atoms with Crippen molar-refractivity contribution in [1.82, 2.24) is 0 Å². The van der Waals surface area contributed by atoms with Crippen LogP contribution in [0.3, 0.4) is 0 Å². The fourth-order valence-electron chi connectivity index (χ4n) is 4.73. The summed E-state index contributed by atoms with van der Waals surface area (Å²) in [5.41, 5.74) is 6.11. The lowest BCUT2D eigenvalue weighted by molar-refractivity contribution is -0.137. The van der Waals surface area contributed by atoms with Gasteiger partial charge in [0.1, 0.15) is 0 Å². The van der Waals surface area contributed by atoms with Crippen molar-refractivity contribution in [2.45, 2.75) is 110 Å². The zero-order chi connectivity index (χ0) is 24.3. The smallest absolute Gasteiger partial charge is 0.303 e. The van der Waals surface area contributed by atoms with Crippen molar-refractivity contribution in [2.24, 2.45) is 0 Å². The molecule has 0 atom stereocenters. The number of unbranched alkanes of at least 4 members (excludes halogenated alkanes) is 9. The summed E-state index contributed by atoms with van der Waals surface area (Å²) in [5.74, 6) is -0.673. The van der Waals surface area contributed by atoms with Gasteiger partial charge in [-0.25, -0.2) is 0 Å². The normalized spacial score (nSPS) is 11.9. The zero-order valence-electron chi connectivity index (χ0n) is 21.4. The van der Waals surface area contributed by atoms with Crippen LogP contribution in [-0.2, 0) is 17.6 Å². The number of benzene rings is 2. The molecule has 0 spiro atoms. The minimum Gasteiger partial charge on any atom is -0.481 e. The van der Waals surface area contributed by atoms with E-state index in [0.717, 1.165) is 38.5 Å². The highest BCUT2D eigenvalue weighted by atomic mass is 16.4. The summed E-state index contributed by atoms with van der Waals surface area (Å²) in [5, 5.41) is 8.84. The Morgan fingerprint density at radius 1 is 0.559 bits per heavy atom. The van der Waals surface area contributed by atoms with Crippen LogP contribution in [0, 0.1) is 0 Å². The van der Waals surface area contributed by atoms with Gasteiger partial charge in [-0.2, -0.15) is 0 Å². The highest BCUT2D eigenvalue weighted by Crippen LogP contribution is 2.26. The molecule has 0 saturated heterocycles. The Balaban J connectivity index is 2.06. The van der Waals surface area contributed by atoms with Crippen LogP contribution in [0.5, 0.6) is 0 Å². The average Bonchev–Trinajstić information content (AvgIpc) is 2.85. The SMILES string of the molecule is CCCCCCCC/C(Cc1ccccc1)=C(\CCCCCCCC(=O)O)Cc1ccccc1. The maximum Gasteiger partial charge on any atom is 0.303 e. The molecule has 0 aromatic heterocycles. The summed E-state index contributed by atoms with van der Waals surface area (Å²) in [4.78, 5) is 10.7. The van der Waals surface area contributed by atoms with E-state index in [2.05, 4.69) is 67.6 Å². The van der Waals surface area contributed by atoms with Gasteiger partial charge >= 0.3 is 5.97 Å². The maximum atomic E-state index is 10.7. The third-order valence-corrected chi connectivity index (χ3v) is 6.72. The summed E-state index contributed by atoms with van der Waals surface area (Å²) >= 11 is 0. The van der Waals surface area contributed by atoms with Gasteiger partial charge in [0.05, 0.1) is 0 Å². The van der Waals surface area contributed by atoms with E-state index < -0.39 is 5.97 Å². The second kappa shape index (κ2) is 18.0. The van der Waals surface area contributed by atoms with Gasteiger partial charge in [0.2, 0.25) is 0 Å². The number of allylic oxidation sites excluding steroid dienone is 2. The average molecular weight is 463 g/mol. The number of carboxylic acids is 1. The van der Waals surface area contributed by atoms with Crippen molar-refractivity contribution >= 4 is 5.97 Å². The molecular weight excluding hydrogens is 416 g/mol. The Labute approximate surface area is 208 Å². The van der Waals surface area contributed by atoms with Crippen LogP contribution in [-0.4, -0.2) is 11.1 Å². The molecule has 0 amide bonds. The standard InChI is InChI=1S/C32H46O2/c1-2-3-4-5-7-16-23-30(26-28-19-12-10-13-20-28)31(27-29-21-14-11-15-22-29)24-17-8-6-9-18-25-32(33)34/h10-15,19-22H,2-9,16-18,23-27H2,1H3,(H,33,34)/b31-30-. The summed E-state index contributed by atoms with van der Waals surface area (Å²) in [7, 11) is 0. The van der Waals surface area contributed by atoms with E-state index in [9.17, 15) is 4.79 Å². The van der Waals surface area contributed by atoms with Crippen molar-refractivity contribution in [1.29, 1.82) is 0 Å². The zero-order valence-corrected chi connectivity index (χ0v) is 21.4. The second-order valence-corrected chi connectivity index (χ2v) is 9.71. The Kier molecular flexibility index (Phi) is 14.8. The first-order valence-electron chi connectivity index (χ1n) is 13.7. The van der Waals surface area contributed by atoms with Crippen LogP contribution in [0.2, 0.25) is 0 Å². The van der Waals surface area contributed by atoms with Crippen LogP contribution < -0.4 is 0 Å². The van der Waals surface area contributed by atoms with E-state index in [1.54, 1.807) is 11.1 Å².